The third-order valence-corrected chi connectivity index (χ3v) is 4.69. The minimum atomic E-state index is -0.484. The Kier molecular flexibility index (Phi) is 7.34. The monoisotopic (exact) mass is 339 g/mol. The number of carbonyl (C=O) groups is 1. The zero-order chi connectivity index (χ0) is 16.7. The Morgan fingerprint density at radius 3 is 2.61 bits per heavy atom. The van der Waals surface area contributed by atoms with E-state index in [4.69, 9.17) is 16.3 Å². The molecule has 1 atom stereocenters. The lowest BCUT2D eigenvalue weighted by Gasteiger charge is -2.34. The Balaban J connectivity index is 1.76. The van der Waals surface area contributed by atoms with Crippen LogP contribution in [0.25, 0.3) is 0 Å². The van der Waals surface area contributed by atoms with Crippen LogP contribution >= 0.6 is 11.6 Å². The zero-order valence-electron chi connectivity index (χ0n) is 13.7. The zero-order valence-corrected chi connectivity index (χ0v) is 14.5. The molecule has 0 saturated carbocycles. The van der Waals surface area contributed by atoms with Crippen LogP contribution in [-0.4, -0.2) is 42.2 Å². The van der Waals surface area contributed by atoms with E-state index in [-0.39, 0.29) is 11.8 Å². The maximum atomic E-state index is 12.1. The van der Waals surface area contributed by atoms with E-state index < -0.39 is 6.10 Å². The molecule has 1 N–H and O–H groups in total. The van der Waals surface area contributed by atoms with Crippen LogP contribution in [0.2, 0.25) is 5.02 Å². The van der Waals surface area contributed by atoms with E-state index in [0.717, 1.165) is 37.9 Å². The smallest absolute Gasteiger partial charge is 0.222 e. The van der Waals surface area contributed by atoms with Crippen LogP contribution in [-0.2, 0) is 9.53 Å². The molecular weight excluding hydrogens is 314 g/mol. The van der Waals surface area contributed by atoms with E-state index in [1.165, 1.54) is 0 Å². The van der Waals surface area contributed by atoms with E-state index in [2.05, 4.69) is 0 Å². The minimum Gasteiger partial charge on any atom is -0.388 e. The van der Waals surface area contributed by atoms with Crippen LogP contribution in [0, 0.1) is 5.92 Å². The van der Waals surface area contributed by atoms with Gasteiger partial charge in [-0.05, 0) is 49.8 Å². The Morgan fingerprint density at radius 1 is 1.35 bits per heavy atom. The number of piperidine rings is 1. The average molecular weight is 340 g/mol. The Labute approximate surface area is 143 Å². The van der Waals surface area contributed by atoms with Crippen LogP contribution < -0.4 is 0 Å². The van der Waals surface area contributed by atoms with Gasteiger partial charge in [0.05, 0.1) is 6.10 Å². The van der Waals surface area contributed by atoms with Crippen LogP contribution in [0.5, 0.6) is 0 Å². The van der Waals surface area contributed by atoms with E-state index >= 15 is 0 Å². The molecule has 1 aliphatic rings. The molecule has 1 amide bonds. The number of ether oxygens (including phenoxy) is 1. The third kappa shape index (κ3) is 5.48. The first-order valence-corrected chi connectivity index (χ1v) is 8.78. The van der Waals surface area contributed by atoms with Gasteiger partial charge in [-0.3, -0.25) is 4.79 Å². The number of likely N-dealkylation sites (tertiary alicyclic amines) is 1. The maximum absolute atomic E-state index is 12.1. The molecule has 1 aromatic carbocycles. The van der Waals surface area contributed by atoms with Gasteiger partial charge in [0.15, 0.2) is 0 Å². The second-order valence-corrected chi connectivity index (χ2v) is 6.45. The fraction of sp³-hybridized carbons (Fsp3) is 0.611. The van der Waals surface area contributed by atoms with Crippen molar-refractivity contribution in [2.24, 2.45) is 5.92 Å². The SMILES string of the molecule is CCOCCCC(=O)N1CCC([C@H](O)c2ccc(Cl)cc2)CC1. The maximum Gasteiger partial charge on any atom is 0.222 e. The first-order chi connectivity index (χ1) is 11.1. The van der Waals surface area contributed by atoms with Gasteiger partial charge in [-0.2, -0.15) is 0 Å². The van der Waals surface area contributed by atoms with Crippen molar-refractivity contribution >= 4 is 17.5 Å². The third-order valence-electron chi connectivity index (χ3n) is 4.43. The van der Waals surface area contributed by atoms with Crippen LogP contribution in [0.1, 0.15) is 44.3 Å². The number of rotatable bonds is 7. The van der Waals surface area contributed by atoms with Gasteiger partial charge in [0.1, 0.15) is 0 Å². The summed E-state index contributed by atoms with van der Waals surface area (Å²) in [6.07, 6.45) is 2.51. The predicted molar refractivity (Wildman–Crippen MR) is 91.4 cm³/mol. The largest absolute Gasteiger partial charge is 0.388 e. The predicted octanol–water partition coefficient (Wildman–Crippen LogP) is 3.43. The van der Waals surface area contributed by atoms with Gasteiger partial charge in [0, 0.05) is 37.7 Å². The van der Waals surface area contributed by atoms with Gasteiger partial charge >= 0.3 is 0 Å². The standard InChI is InChI=1S/C18H26ClNO3/c1-2-23-13-3-4-17(21)20-11-9-15(10-12-20)18(22)14-5-7-16(19)8-6-14/h5-8,15,18,22H,2-4,9-13H2,1H3/t18-/m1/s1. The van der Waals surface area contributed by atoms with Crippen molar-refractivity contribution in [3.8, 4) is 0 Å². The van der Waals surface area contributed by atoms with Gasteiger partial charge in [0.2, 0.25) is 5.91 Å². The summed E-state index contributed by atoms with van der Waals surface area (Å²) in [4.78, 5) is 14.1. The van der Waals surface area contributed by atoms with Crippen molar-refractivity contribution in [1.82, 2.24) is 4.90 Å². The highest BCUT2D eigenvalue weighted by Gasteiger charge is 2.27. The number of benzene rings is 1. The Hall–Kier alpha value is -1.10. The van der Waals surface area contributed by atoms with Crippen molar-refractivity contribution in [2.45, 2.75) is 38.7 Å². The van der Waals surface area contributed by atoms with E-state index in [1.807, 2.05) is 24.0 Å². The second kappa shape index (κ2) is 9.26. The molecule has 0 aromatic heterocycles. The molecule has 1 aliphatic heterocycles. The molecule has 23 heavy (non-hydrogen) atoms. The second-order valence-electron chi connectivity index (χ2n) is 6.02. The summed E-state index contributed by atoms with van der Waals surface area (Å²) in [7, 11) is 0. The molecule has 1 heterocycles. The van der Waals surface area contributed by atoms with Crippen molar-refractivity contribution < 1.29 is 14.6 Å². The van der Waals surface area contributed by atoms with Crippen LogP contribution in [0.3, 0.4) is 0 Å². The summed E-state index contributed by atoms with van der Waals surface area (Å²) < 4.78 is 5.26. The highest BCUT2D eigenvalue weighted by Crippen LogP contribution is 2.31. The fourth-order valence-corrected chi connectivity index (χ4v) is 3.15. The Bertz CT molecular complexity index is 484. The topological polar surface area (TPSA) is 49.8 Å². The molecule has 0 spiro atoms. The number of nitrogens with zero attached hydrogens (tertiary/aromatic N) is 1. The van der Waals surface area contributed by atoms with Gasteiger partial charge < -0.3 is 14.7 Å². The number of aliphatic hydroxyl groups excluding tert-OH is 1. The number of aliphatic hydroxyl groups is 1. The van der Waals surface area contributed by atoms with Crippen molar-refractivity contribution in [1.29, 1.82) is 0 Å². The highest BCUT2D eigenvalue weighted by molar-refractivity contribution is 6.30. The van der Waals surface area contributed by atoms with Gasteiger partial charge in [-0.1, -0.05) is 23.7 Å². The molecule has 0 radical (unpaired) electrons. The molecule has 1 saturated heterocycles. The number of hydrogen-bond donors (Lipinski definition) is 1. The molecule has 128 valence electrons. The van der Waals surface area contributed by atoms with Crippen molar-refractivity contribution in [3.05, 3.63) is 34.9 Å². The number of halogens is 1. The van der Waals surface area contributed by atoms with Crippen molar-refractivity contribution in [3.63, 3.8) is 0 Å². The van der Waals surface area contributed by atoms with E-state index in [1.54, 1.807) is 12.1 Å². The van der Waals surface area contributed by atoms with Gasteiger partial charge in [0.25, 0.3) is 0 Å². The summed E-state index contributed by atoms with van der Waals surface area (Å²) in [6.45, 7) is 4.75. The van der Waals surface area contributed by atoms with Crippen molar-refractivity contribution in [2.75, 3.05) is 26.3 Å². The first kappa shape index (κ1) is 18.2. The fourth-order valence-electron chi connectivity index (χ4n) is 3.02. The molecule has 0 unspecified atom stereocenters. The van der Waals surface area contributed by atoms with Crippen LogP contribution in [0.15, 0.2) is 24.3 Å². The summed E-state index contributed by atoms with van der Waals surface area (Å²) in [6, 6.07) is 7.35. The summed E-state index contributed by atoms with van der Waals surface area (Å²) >= 11 is 5.88. The molecular formula is C18H26ClNO3. The average Bonchev–Trinajstić information content (AvgIpc) is 2.59. The lowest BCUT2D eigenvalue weighted by atomic mass is 9.87. The number of hydrogen-bond acceptors (Lipinski definition) is 3. The molecule has 1 fully saturated rings. The molecule has 4 nitrogen and oxygen atoms in total. The quantitative estimate of drug-likeness (QED) is 0.774. The lowest BCUT2D eigenvalue weighted by Crippen LogP contribution is -2.39. The molecule has 5 heteroatoms. The summed E-state index contributed by atoms with van der Waals surface area (Å²) in [5, 5.41) is 11.2. The number of carbonyl (C=O) groups excluding carboxylic acids is 1. The Morgan fingerprint density at radius 2 is 2.00 bits per heavy atom. The minimum absolute atomic E-state index is 0.198. The van der Waals surface area contributed by atoms with Crippen LogP contribution in [0.4, 0.5) is 0 Å². The first-order valence-electron chi connectivity index (χ1n) is 8.41. The normalized spacial score (nSPS) is 17.3. The number of amides is 1. The molecule has 1 aromatic rings. The molecule has 0 bridgehead atoms. The van der Waals surface area contributed by atoms with E-state index in [0.29, 0.717) is 24.7 Å². The van der Waals surface area contributed by atoms with E-state index in [9.17, 15) is 9.90 Å². The molecule has 0 aliphatic carbocycles. The van der Waals surface area contributed by atoms with Gasteiger partial charge in [-0.25, -0.2) is 0 Å². The summed E-state index contributed by atoms with van der Waals surface area (Å²) in [5.74, 6) is 0.396. The summed E-state index contributed by atoms with van der Waals surface area (Å²) in [5.41, 5.74) is 0.899. The lowest BCUT2D eigenvalue weighted by molar-refractivity contribution is -0.133. The highest BCUT2D eigenvalue weighted by atomic mass is 35.5. The van der Waals surface area contributed by atoms with Gasteiger partial charge in [-0.15, -0.1) is 0 Å². The molecule has 2 rings (SSSR count).